The van der Waals surface area contributed by atoms with Gasteiger partial charge in [-0.25, -0.2) is 13.6 Å². The summed E-state index contributed by atoms with van der Waals surface area (Å²) < 4.78 is 29.8. The summed E-state index contributed by atoms with van der Waals surface area (Å²) in [6.07, 6.45) is 2.54. The van der Waals surface area contributed by atoms with E-state index in [1.807, 2.05) is 0 Å². The summed E-state index contributed by atoms with van der Waals surface area (Å²) in [5.74, 6) is -0.400. The van der Waals surface area contributed by atoms with E-state index in [1.165, 1.54) is 4.68 Å². The third-order valence-electron chi connectivity index (χ3n) is 3.20. The first-order chi connectivity index (χ1) is 8.66. The molecule has 0 spiro atoms. The van der Waals surface area contributed by atoms with Gasteiger partial charge in [0.05, 0.1) is 13.0 Å². The van der Waals surface area contributed by atoms with Crippen molar-refractivity contribution in [2.75, 3.05) is 0 Å². The molecule has 0 amide bonds. The highest BCUT2D eigenvalue weighted by Crippen LogP contribution is 2.13. The van der Waals surface area contributed by atoms with Crippen LogP contribution in [0.25, 0.3) is 5.69 Å². The van der Waals surface area contributed by atoms with Crippen molar-refractivity contribution in [3.63, 3.8) is 0 Å². The maximum atomic E-state index is 13.7. The molecule has 1 N–H and O–H groups in total. The lowest BCUT2D eigenvalue weighted by Crippen LogP contribution is -2.40. The molecule has 1 aliphatic heterocycles. The van der Waals surface area contributed by atoms with Gasteiger partial charge in [0, 0.05) is 6.07 Å². The Hall–Kier alpha value is -1.98. The van der Waals surface area contributed by atoms with Crippen LogP contribution in [0.4, 0.5) is 8.78 Å². The number of hydrogen-bond donors (Lipinski definition) is 1. The van der Waals surface area contributed by atoms with Crippen molar-refractivity contribution < 1.29 is 13.5 Å². The largest absolute Gasteiger partial charge is 0.444 e. The van der Waals surface area contributed by atoms with Crippen molar-refractivity contribution in [1.82, 2.24) is 9.67 Å². The Labute approximate surface area is 101 Å². The van der Waals surface area contributed by atoms with Crippen molar-refractivity contribution in [1.29, 1.82) is 0 Å². The van der Waals surface area contributed by atoms with E-state index in [-0.39, 0.29) is 11.4 Å². The standard InChI is InChI=1S/C12H11F2N3O/c13-8-4-5-9(14)10(7-8)17-11-3-1-2-6-16(11)12(18)15-17/h4-5,7H,1-3,6H2/p+1. The number of nitrogens with zero attached hydrogens (tertiary/aromatic N) is 2. The summed E-state index contributed by atoms with van der Waals surface area (Å²) >= 11 is 0. The van der Waals surface area contributed by atoms with E-state index in [9.17, 15) is 13.6 Å². The minimum absolute atomic E-state index is 0.0442. The fourth-order valence-corrected chi connectivity index (χ4v) is 2.35. The molecule has 6 heteroatoms. The van der Waals surface area contributed by atoms with Crippen LogP contribution in [0.15, 0.2) is 23.0 Å². The first-order valence-electron chi connectivity index (χ1n) is 5.86. The van der Waals surface area contributed by atoms with Gasteiger partial charge in [0.2, 0.25) is 0 Å². The molecule has 0 atom stereocenters. The zero-order valence-corrected chi connectivity index (χ0v) is 9.62. The summed E-state index contributed by atoms with van der Waals surface area (Å²) in [5.41, 5.74) is -0.240. The highest BCUT2D eigenvalue weighted by atomic mass is 19.1. The molecular formula is C12H12F2N3O+. The van der Waals surface area contributed by atoms with Crippen LogP contribution in [-0.2, 0) is 13.0 Å². The number of aromatic nitrogens is 3. The van der Waals surface area contributed by atoms with Gasteiger partial charge in [-0.15, -0.1) is 9.78 Å². The number of hydrogen-bond acceptors (Lipinski definition) is 1. The van der Waals surface area contributed by atoms with Crippen LogP contribution in [0.2, 0.25) is 0 Å². The molecule has 0 fully saturated rings. The molecule has 94 valence electrons. The van der Waals surface area contributed by atoms with Gasteiger partial charge in [-0.05, 0) is 25.0 Å². The highest BCUT2D eigenvalue weighted by molar-refractivity contribution is 5.25. The summed E-state index contributed by atoms with van der Waals surface area (Å²) in [6, 6.07) is 3.20. The maximum Gasteiger partial charge on any atom is 0.444 e. The molecule has 4 nitrogen and oxygen atoms in total. The number of benzene rings is 1. The van der Waals surface area contributed by atoms with Crippen molar-refractivity contribution >= 4 is 0 Å². The van der Waals surface area contributed by atoms with Crippen LogP contribution in [0.3, 0.4) is 0 Å². The van der Waals surface area contributed by atoms with Crippen molar-refractivity contribution in [2.45, 2.75) is 25.8 Å². The average molecular weight is 252 g/mol. The van der Waals surface area contributed by atoms with Crippen LogP contribution in [-0.4, -0.2) is 9.67 Å². The first kappa shape index (κ1) is 11.1. The van der Waals surface area contributed by atoms with E-state index in [1.54, 1.807) is 4.57 Å². The number of fused-ring (bicyclic) bond motifs is 1. The van der Waals surface area contributed by atoms with Crippen molar-refractivity contribution in [3.8, 4) is 5.69 Å². The molecule has 0 radical (unpaired) electrons. The number of nitrogens with one attached hydrogen (secondary N) is 1. The Balaban J connectivity index is 2.23. The second-order valence-corrected chi connectivity index (χ2v) is 4.37. The minimum Gasteiger partial charge on any atom is -0.217 e. The van der Waals surface area contributed by atoms with Gasteiger partial charge in [0.1, 0.15) is 5.82 Å². The van der Waals surface area contributed by atoms with Crippen LogP contribution in [0, 0.1) is 11.6 Å². The third kappa shape index (κ3) is 1.64. The van der Waals surface area contributed by atoms with Gasteiger partial charge in [-0.1, -0.05) is 0 Å². The first-order valence-corrected chi connectivity index (χ1v) is 5.86. The number of H-pyrrole nitrogens is 1. The number of rotatable bonds is 1. The van der Waals surface area contributed by atoms with Gasteiger partial charge >= 0.3 is 5.69 Å². The lowest BCUT2D eigenvalue weighted by molar-refractivity contribution is -0.668. The number of aromatic amines is 1. The normalized spacial score (nSPS) is 14.6. The molecule has 1 aliphatic rings. The summed E-state index contributed by atoms with van der Waals surface area (Å²) in [6.45, 7) is 0.620. The van der Waals surface area contributed by atoms with Gasteiger partial charge in [0.25, 0.3) is 5.82 Å². The predicted octanol–water partition coefficient (Wildman–Crippen LogP) is 1.07. The SMILES string of the molecule is O=c1[nH][n+](-c2cc(F)ccc2F)c2n1CCCC2. The zero-order chi connectivity index (χ0) is 12.7. The molecule has 2 aromatic rings. The van der Waals surface area contributed by atoms with Gasteiger partial charge in [0.15, 0.2) is 11.5 Å². The highest BCUT2D eigenvalue weighted by Gasteiger charge is 2.27. The van der Waals surface area contributed by atoms with E-state index < -0.39 is 11.6 Å². The Kier molecular flexibility index (Phi) is 2.50. The van der Waals surface area contributed by atoms with E-state index >= 15 is 0 Å². The predicted molar refractivity (Wildman–Crippen MR) is 59.4 cm³/mol. The van der Waals surface area contributed by atoms with E-state index in [2.05, 4.69) is 5.10 Å². The summed E-state index contributed by atoms with van der Waals surface area (Å²) in [7, 11) is 0. The smallest absolute Gasteiger partial charge is 0.217 e. The molecule has 3 rings (SSSR count). The maximum absolute atomic E-state index is 13.7. The van der Waals surface area contributed by atoms with Crippen LogP contribution >= 0.6 is 0 Å². The zero-order valence-electron chi connectivity index (χ0n) is 9.62. The Morgan fingerprint density at radius 3 is 2.94 bits per heavy atom. The van der Waals surface area contributed by atoms with E-state index in [4.69, 9.17) is 0 Å². The van der Waals surface area contributed by atoms with Crippen LogP contribution < -0.4 is 10.4 Å². The fraction of sp³-hybridized carbons (Fsp3) is 0.333. The quantitative estimate of drug-likeness (QED) is 0.758. The van der Waals surface area contributed by atoms with Gasteiger partial charge in [-0.2, -0.15) is 4.57 Å². The summed E-state index contributed by atoms with van der Waals surface area (Å²) in [5, 5.41) is 2.56. The van der Waals surface area contributed by atoms with E-state index in [0.717, 1.165) is 31.0 Å². The molecular weight excluding hydrogens is 240 g/mol. The van der Waals surface area contributed by atoms with Crippen molar-refractivity contribution in [3.05, 3.63) is 46.1 Å². The molecule has 0 unspecified atom stereocenters. The molecule has 0 bridgehead atoms. The molecule has 2 heterocycles. The second-order valence-electron chi connectivity index (χ2n) is 4.37. The second kappa shape index (κ2) is 4.04. The average Bonchev–Trinajstić information content (AvgIpc) is 2.71. The molecule has 0 saturated carbocycles. The van der Waals surface area contributed by atoms with Crippen LogP contribution in [0.1, 0.15) is 18.7 Å². The third-order valence-corrected chi connectivity index (χ3v) is 3.20. The molecule has 1 aromatic carbocycles. The molecule has 1 aromatic heterocycles. The monoisotopic (exact) mass is 252 g/mol. The van der Waals surface area contributed by atoms with Gasteiger partial charge in [-0.3, -0.25) is 0 Å². The topological polar surface area (TPSA) is 41.7 Å². The fourth-order valence-electron chi connectivity index (χ4n) is 2.35. The Bertz CT molecular complexity index is 660. The lowest BCUT2D eigenvalue weighted by Gasteiger charge is -2.07. The van der Waals surface area contributed by atoms with E-state index in [0.29, 0.717) is 18.8 Å². The molecule has 18 heavy (non-hydrogen) atoms. The molecule has 0 saturated heterocycles. The van der Waals surface area contributed by atoms with Crippen LogP contribution in [0.5, 0.6) is 0 Å². The van der Waals surface area contributed by atoms with Gasteiger partial charge < -0.3 is 0 Å². The molecule has 0 aliphatic carbocycles. The number of halogens is 2. The summed E-state index contributed by atoms with van der Waals surface area (Å²) in [4.78, 5) is 11.7. The minimum atomic E-state index is -0.559. The Morgan fingerprint density at radius 2 is 2.11 bits per heavy atom. The lowest BCUT2D eigenvalue weighted by atomic mass is 10.1. The van der Waals surface area contributed by atoms with Crippen molar-refractivity contribution in [2.24, 2.45) is 0 Å². The Morgan fingerprint density at radius 1 is 1.28 bits per heavy atom.